The van der Waals surface area contributed by atoms with Gasteiger partial charge in [0.25, 0.3) is 5.91 Å². The molecule has 0 aromatic heterocycles. The lowest BCUT2D eigenvalue weighted by Crippen LogP contribution is -2.46. The topological polar surface area (TPSA) is 84.5 Å². The Balaban J connectivity index is 2.46. The van der Waals surface area contributed by atoms with Crippen molar-refractivity contribution in [2.24, 2.45) is 0 Å². The van der Waals surface area contributed by atoms with E-state index in [1.807, 2.05) is 6.92 Å². The monoisotopic (exact) mass is 360 g/mol. The van der Waals surface area contributed by atoms with Crippen molar-refractivity contribution in [3.8, 4) is 0 Å². The second-order valence-corrected chi connectivity index (χ2v) is 5.69. The molecule has 1 atom stereocenters. The molecule has 0 saturated carbocycles. The Kier molecular flexibility index (Phi) is 7.85. The Morgan fingerprint density at radius 2 is 1.78 bits per heavy atom. The van der Waals surface area contributed by atoms with Gasteiger partial charge in [0.15, 0.2) is 6.61 Å². The summed E-state index contributed by atoms with van der Waals surface area (Å²) in [5, 5.41) is 5.66. The van der Waals surface area contributed by atoms with Gasteiger partial charge in [-0.25, -0.2) is 4.79 Å². The average Bonchev–Trinajstić information content (AvgIpc) is 2.49. The maximum Gasteiger partial charge on any atom is 0.338 e. The van der Waals surface area contributed by atoms with E-state index in [1.165, 1.54) is 18.2 Å². The van der Waals surface area contributed by atoms with Crippen LogP contribution in [0.25, 0.3) is 0 Å². The van der Waals surface area contributed by atoms with Gasteiger partial charge in [0.1, 0.15) is 6.04 Å². The number of halogens is 2. The SMILES string of the molecule is CCCNC(=O)[C@@H](C)NC(=O)COC(=O)c1cc(Cl)cc(Cl)c1. The first-order valence-electron chi connectivity index (χ1n) is 7.03. The summed E-state index contributed by atoms with van der Waals surface area (Å²) in [6, 6.07) is 3.53. The molecule has 0 heterocycles. The summed E-state index contributed by atoms with van der Waals surface area (Å²) in [5.74, 6) is -1.61. The smallest absolute Gasteiger partial charge is 0.338 e. The Bertz CT molecular complexity index is 573. The molecule has 23 heavy (non-hydrogen) atoms. The highest BCUT2D eigenvalue weighted by molar-refractivity contribution is 6.35. The van der Waals surface area contributed by atoms with Crippen molar-refractivity contribution in [3.63, 3.8) is 0 Å². The number of ether oxygens (including phenoxy) is 1. The fourth-order valence-corrected chi connectivity index (χ4v) is 2.16. The van der Waals surface area contributed by atoms with Crippen molar-refractivity contribution in [1.29, 1.82) is 0 Å². The van der Waals surface area contributed by atoms with E-state index in [0.717, 1.165) is 6.42 Å². The molecule has 126 valence electrons. The second-order valence-electron chi connectivity index (χ2n) is 4.81. The molecule has 1 aromatic rings. The molecule has 1 aromatic carbocycles. The van der Waals surface area contributed by atoms with Gasteiger partial charge in [0.05, 0.1) is 5.56 Å². The summed E-state index contributed by atoms with van der Waals surface area (Å²) in [4.78, 5) is 35.1. The highest BCUT2D eigenvalue weighted by atomic mass is 35.5. The summed E-state index contributed by atoms with van der Waals surface area (Å²) in [7, 11) is 0. The summed E-state index contributed by atoms with van der Waals surface area (Å²) >= 11 is 11.6. The Labute approximate surface area is 144 Å². The fourth-order valence-electron chi connectivity index (χ4n) is 1.64. The zero-order valence-corrected chi connectivity index (χ0v) is 14.3. The Morgan fingerprint density at radius 1 is 1.17 bits per heavy atom. The largest absolute Gasteiger partial charge is 0.452 e. The van der Waals surface area contributed by atoms with Crippen LogP contribution in [0.5, 0.6) is 0 Å². The van der Waals surface area contributed by atoms with E-state index >= 15 is 0 Å². The Morgan fingerprint density at radius 3 is 2.35 bits per heavy atom. The van der Waals surface area contributed by atoms with Crippen molar-refractivity contribution in [2.45, 2.75) is 26.3 Å². The number of benzene rings is 1. The molecular formula is C15H18Cl2N2O4. The van der Waals surface area contributed by atoms with E-state index in [4.69, 9.17) is 27.9 Å². The molecule has 0 unspecified atom stereocenters. The minimum absolute atomic E-state index is 0.143. The molecule has 2 amide bonds. The first-order chi connectivity index (χ1) is 10.8. The fraction of sp³-hybridized carbons (Fsp3) is 0.400. The molecule has 0 aliphatic rings. The first kappa shape index (κ1) is 19.3. The van der Waals surface area contributed by atoms with E-state index in [2.05, 4.69) is 10.6 Å². The number of carbonyl (C=O) groups is 3. The lowest BCUT2D eigenvalue weighted by atomic mass is 10.2. The van der Waals surface area contributed by atoms with Gasteiger partial charge < -0.3 is 15.4 Å². The first-order valence-corrected chi connectivity index (χ1v) is 7.79. The van der Waals surface area contributed by atoms with Crippen LogP contribution < -0.4 is 10.6 Å². The number of carbonyl (C=O) groups excluding carboxylic acids is 3. The van der Waals surface area contributed by atoms with Gasteiger partial charge in [-0.3, -0.25) is 9.59 Å². The lowest BCUT2D eigenvalue weighted by molar-refractivity contribution is -0.130. The van der Waals surface area contributed by atoms with Crippen LogP contribution in [-0.2, 0) is 14.3 Å². The molecule has 0 aliphatic carbocycles. The van der Waals surface area contributed by atoms with Crippen LogP contribution in [0.2, 0.25) is 10.0 Å². The van der Waals surface area contributed by atoms with Crippen LogP contribution in [0, 0.1) is 0 Å². The molecule has 6 nitrogen and oxygen atoms in total. The normalized spacial score (nSPS) is 11.5. The third-order valence-corrected chi connectivity index (χ3v) is 3.19. The van der Waals surface area contributed by atoms with Gasteiger partial charge in [0, 0.05) is 16.6 Å². The van der Waals surface area contributed by atoms with Gasteiger partial charge in [0.2, 0.25) is 5.91 Å². The minimum Gasteiger partial charge on any atom is -0.452 e. The van der Waals surface area contributed by atoms with Crippen LogP contribution in [0.4, 0.5) is 0 Å². The third-order valence-electron chi connectivity index (χ3n) is 2.75. The third kappa shape index (κ3) is 6.88. The molecule has 8 heteroatoms. The molecule has 0 fully saturated rings. The average molecular weight is 361 g/mol. The number of hydrogen-bond donors (Lipinski definition) is 2. The molecule has 0 spiro atoms. The number of amides is 2. The Hall–Kier alpha value is -1.79. The lowest BCUT2D eigenvalue weighted by Gasteiger charge is -2.13. The standard InChI is InChI=1S/C15H18Cl2N2O4/c1-3-4-18-14(21)9(2)19-13(20)8-23-15(22)10-5-11(16)7-12(17)6-10/h5-7,9H,3-4,8H2,1-2H3,(H,18,21)(H,19,20)/t9-/m1/s1. The molecule has 1 rings (SSSR count). The second kappa shape index (κ2) is 9.37. The van der Waals surface area contributed by atoms with Gasteiger partial charge in [-0.2, -0.15) is 0 Å². The van der Waals surface area contributed by atoms with Crippen LogP contribution >= 0.6 is 23.2 Å². The van der Waals surface area contributed by atoms with Crippen LogP contribution in [0.1, 0.15) is 30.6 Å². The summed E-state index contributed by atoms with van der Waals surface area (Å²) in [6.07, 6.45) is 0.798. The van der Waals surface area contributed by atoms with Gasteiger partial charge in [-0.15, -0.1) is 0 Å². The highest BCUT2D eigenvalue weighted by Gasteiger charge is 2.17. The van der Waals surface area contributed by atoms with Gasteiger partial charge in [-0.05, 0) is 31.5 Å². The predicted octanol–water partition coefficient (Wildman–Crippen LogP) is 2.18. The number of hydrogen-bond acceptors (Lipinski definition) is 4. The molecule has 2 N–H and O–H groups in total. The van der Waals surface area contributed by atoms with Crippen molar-refractivity contribution < 1.29 is 19.1 Å². The molecule has 0 saturated heterocycles. The van der Waals surface area contributed by atoms with Crippen molar-refractivity contribution in [2.75, 3.05) is 13.2 Å². The van der Waals surface area contributed by atoms with E-state index in [0.29, 0.717) is 6.54 Å². The van der Waals surface area contributed by atoms with Gasteiger partial charge in [-0.1, -0.05) is 30.1 Å². The van der Waals surface area contributed by atoms with E-state index in [1.54, 1.807) is 6.92 Å². The quantitative estimate of drug-likeness (QED) is 0.729. The summed E-state index contributed by atoms with van der Waals surface area (Å²) in [5.41, 5.74) is 0.143. The minimum atomic E-state index is -0.729. The van der Waals surface area contributed by atoms with E-state index < -0.39 is 24.5 Å². The maximum absolute atomic E-state index is 11.8. The summed E-state index contributed by atoms with van der Waals surface area (Å²) in [6.45, 7) is 3.49. The van der Waals surface area contributed by atoms with Crippen molar-refractivity contribution >= 4 is 41.0 Å². The molecular weight excluding hydrogens is 343 g/mol. The zero-order valence-electron chi connectivity index (χ0n) is 12.8. The van der Waals surface area contributed by atoms with E-state index in [9.17, 15) is 14.4 Å². The molecule has 0 bridgehead atoms. The molecule has 0 aliphatic heterocycles. The van der Waals surface area contributed by atoms with Crippen LogP contribution in [-0.4, -0.2) is 37.0 Å². The highest BCUT2D eigenvalue weighted by Crippen LogP contribution is 2.19. The van der Waals surface area contributed by atoms with Crippen molar-refractivity contribution in [1.82, 2.24) is 10.6 Å². The molecule has 0 radical (unpaired) electrons. The van der Waals surface area contributed by atoms with Crippen LogP contribution in [0.3, 0.4) is 0 Å². The summed E-state index contributed by atoms with van der Waals surface area (Å²) < 4.78 is 4.86. The van der Waals surface area contributed by atoms with Crippen LogP contribution in [0.15, 0.2) is 18.2 Å². The number of rotatable bonds is 7. The maximum atomic E-state index is 11.8. The van der Waals surface area contributed by atoms with E-state index in [-0.39, 0.29) is 21.5 Å². The zero-order chi connectivity index (χ0) is 17.4. The predicted molar refractivity (Wildman–Crippen MR) is 87.6 cm³/mol. The van der Waals surface area contributed by atoms with Gasteiger partial charge >= 0.3 is 5.97 Å². The van der Waals surface area contributed by atoms with Crippen molar-refractivity contribution in [3.05, 3.63) is 33.8 Å². The number of nitrogens with one attached hydrogen (secondary N) is 2. The number of esters is 1.